The predicted molar refractivity (Wildman–Crippen MR) is 96.0 cm³/mol. The van der Waals surface area contributed by atoms with Crippen molar-refractivity contribution in [2.45, 2.75) is 6.92 Å². The topological polar surface area (TPSA) is 107 Å². The molecule has 7 heteroatoms. The van der Waals surface area contributed by atoms with Gasteiger partial charge in [-0.15, -0.1) is 0 Å². The molecule has 0 spiro atoms. The van der Waals surface area contributed by atoms with E-state index < -0.39 is 6.09 Å². The highest BCUT2D eigenvalue weighted by molar-refractivity contribution is 6.02. The van der Waals surface area contributed by atoms with Crippen molar-refractivity contribution in [1.29, 1.82) is 0 Å². The van der Waals surface area contributed by atoms with E-state index in [9.17, 15) is 15.0 Å². The van der Waals surface area contributed by atoms with Crippen molar-refractivity contribution in [2.75, 3.05) is 11.9 Å². The maximum Gasteiger partial charge on any atom is 0.411 e. The molecule has 25 heavy (non-hydrogen) atoms. The van der Waals surface area contributed by atoms with Gasteiger partial charge in [-0.25, -0.2) is 4.79 Å². The average Bonchev–Trinajstić information content (AvgIpc) is 2.91. The number of aromatic amines is 1. The molecule has 1 heterocycles. The molecule has 1 amide bonds. The molecule has 1 aromatic heterocycles. The van der Waals surface area contributed by atoms with Crippen molar-refractivity contribution in [3.63, 3.8) is 0 Å². The molecule has 0 bridgehead atoms. The van der Waals surface area contributed by atoms with Gasteiger partial charge in [0.15, 0.2) is 5.88 Å². The van der Waals surface area contributed by atoms with Crippen LogP contribution in [0.5, 0.6) is 11.6 Å². The first-order valence-electron chi connectivity index (χ1n) is 7.69. The number of carbonyl (C=O) groups excluding carboxylic acids is 1. The van der Waals surface area contributed by atoms with Gasteiger partial charge in [0, 0.05) is 23.2 Å². The van der Waals surface area contributed by atoms with E-state index >= 15 is 0 Å². The molecule has 0 aliphatic carbocycles. The van der Waals surface area contributed by atoms with Gasteiger partial charge in [-0.2, -0.15) is 0 Å². The average molecular weight is 339 g/mol. The fourth-order valence-corrected chi connectivity index (χ4v) is 2.40. The summed E-state index contributed by atoms with van der Waals surface area (Å²) in [5.41, 5.74) is 2.06. The van der Waals surface area contributed by atoms with Crippen LogP contribution in [0.25, 0.3) is 10.9 Å². The maximum absolute atomic E-state index is 11.4. The van der Waals surface area contributed by atoms with Gasteiger partial charge in [-0.1, -0.05) is 18.2 Å². The lowest BCUT2D eigenvalue weighted by Gasteiger charge is -2.07. The summed E-state index contributed by atoms with van der Waals surface area (Å²) in [5, 5.41) is 23.3. The van der Waals surface area contributed by atoms with Crippen molar-refractivity contribution in [3.05, 3.63) is 48.0 Å². The molecule has 3 aromatic rings. The maximum atomic E-state index is 11.4. The van der Waals surface area contributed by atoms with Gasteiger partial charge in [0.1, 0.15) is 5.75 Å². The van der Waals surface area contributed by atoms with Gasteiger partial charge in [-0.3, -0.25) is 10.3 Å². The number of para-hydroxylation sites is 1. The molecule has 7 nitrogen and oxygen atoms in total. The highest BCUT2D eigenvalue weighted by Crippen LogP contribution is 2.30. The highest BCUT2D eigenvalue weighted by atomic mass is 16.5. The van der Waals surface area contributed by atoms with E-state index in [1.807, 2.05) is 24.3 Å². The summed E-state index contributed by atoms with van der Waals surface area (Å²) in [6, 6.07) is 12.0. The number of phenolic OH excluding ortho intramolecular Hbond substituents is 1. The number of fused-ring (bicyclic) bond motifs is 1. The molecule has 0 saturated heterocycles. The summed E-state index contributed by atoms with van der Waals surface area (Å²) < 4.78 is 4.76. The van der Waals surface area contributed by atoms with E-state index in [0.717, 1.165) is 10.9 Å². The monoisotopic (exact) mass is 339 g/mol. The highest BCUT2D eigenvalue weighted by Gasteiger charge is 2.09. The number of hydrogen-bond donors (Lipinski definition) is 4. The van der Waals surface area contributed by atoms with Crippen LogP contribution in [0.3, 0.4) is 0 Å². The lowest BCUT2D eigenvalue weighted by molar-refractivity contribution is 0.168. The van der Waals surface area contributed by atoms with Crippen molar-refractivity contribution in [1.82, 2.24) is 4.98 Å². The first-order chi connectivity index (χ1) is 12.1. The van der Waals surface area contributed by atoms with Gasteiger partial charge in [-0.05, 0) is 25.1 Å². The number of H-pyrrole nitrogens is 1. The smallest absolute Gasteiger partial charge is 0.411 e. The van der Waals surface area contributed by atoms with Crippen LogP contribution in [-0.2, 0) is 4.74 Å². The van der Waals surface area contributed by atoms with Gasteiger partial charge < -0.3 is 19.9 Å². The Morgan fingerprint density at radius 1 is 1.28 bits per heavy atom. The number of aromatic hydroxyl groups is 2. The number of aliphatic imine (C=N–C) groups is 1. The van der Waals surface area contributed by atoms with E-state index in [-0.39, 0.29) is 23.9 Å². The molecule has 0 atom stereocenters. The van der Waals surface area contributed by atoms with Crippen molar-refractivity contribution in [2.24, 2.45) is 4.99 Å². The molecule has 0 unspecified atom stereocenters. The molecule has 0 radical (unpaired) electrons. The second kappa shape index (κ2) is 6.96. The van der Waals surface area contributed by atoms with Gasteiger partial charge >= 0.3 is 6.09 Å². The zero-order valence-corrected chi connectivity index (χ0v) is 13.5. The number of amides is 1. The molecule has 0 aliphatic rings. The second-order valence-corrected chi connectivity index (χ2v) is 5.24. The number of aromatic nitrogens is 1. The summed E-state index contributed by atoms with van der Waals surface area (Å²) in [5.74, 6) is -0.111. The van der Waals surface area contributed by atoms with E-state index in [1.54, 1.807) is 13.0 Å². The minimum absolute atomic E-state index is 0.0229. The third kappa shape index (κ3) is 3.55. The Morgan fingerprint density at radius 2 is 2.08 bits per heavy atom. The van der Waals surface area contributed by atoms with Crippen molar-refractivity contribution < 1.29 is 19.7 Å². The zero-order valence-electron chi connectivity index (χ0n) is 13.5. The predicted octanol–water partition coefficient (Wildman–Crippen LogP) is 3.90. The number of phenols is 1. The Kier molecular flexibility index (Phi) is 4.56. The Labute approximate surface area is 143 Å². The van der Waals surface area contributed by atoms with Crippen LogP contribution < -0.4 is 5.32 Å². The Bertz CT molecular complexity index is 947. The van der Waals surface area contributed by atoms with Crippen LogP contribution >= 0.6 is 0 Å². The Balaban J connectivity index is 1.83. The van der Waals surface area contributed by atoms with E-state index in [2.05, 4.69) is 15.3 Å². The summed E-state index contributed by atoms with van der Waals surface area (Å²) in [7, 11) is 0. The largest absolute Gasteiger partial charge is 0.506 e. The van der Waals surface area contributed by atoms with E-state index in [4.69, 9.17) is 4.74 Å². The fraction of sp³-hybridized carbons (Fsp3) is 0.111. The number of benzene rings is 2. The molecule has 4 N–H and O–H groups in total. The van der Waals surface area contributed by atoms with Crippen LogP contribution in [-0.4, -0.2) is 34.1 Å². The normalized spacial score (nSPS) is 11.1. The molecule has 0 aliphatic heterocycles. The first-order valence-corrected chi connectivity index (χ1v) is 7.69. The number of nitrogens with zero attached hydrogens (tertiary/aromatic N) is 1. The number of hydrogen-bond acceptors (Lipinski definition) is 5. The molecule has 2 aromatic carbocycles. The minimum Gasteiger partial charge on any atom is -0.506 e. The molecule has 128 valence electrons. The van der Waals surface area contributed by atoms with Crippen molar-refractivity contribution >= 4 is 34.6 Å². The minimum atomic E-state index is -0.641. The van der Waals surface area contributed by atoms with Crippen molar-refractivity contribution in [3.8, 4) is 11.6 Å². The zero-order chi connectivity index (χ0) is 17.8. The van der Waals surface area contributed by atoms with Crippen LogP contribution in [0.4, 0.5) is 16.2 Å². The molecular formula is C18H17N3O4. The van der Waals surface area contributed by atoms with Gasteiger partial charge in [0.25, 0.3) is 0 Å². The third-order valence-corrected chi connectivity index (χ3v) is 3.56. The standard InChI is InChI=1S/C18H17N3O4/c1-2-25-18(24)21-15-8-7-11(9-16(15)22)19-10-13-12-5-3-4-6-14(12)20-17(13)23/h3-10,20,22-23H,2H2,1H3,(H,21,24). The van der Waals surface area contributed by atoms with Gasteiger partial charge in [0.05, 0.1) is 23.5 Å². The molecule has 0 fully saturated rings. The molecule has 0 saturated carbocycles. The number of carbonyl (C=O) groups is 1. The number of anilines is 1. The fourth-order valence-electron chi connectivity index (χ4n) is 2.40. The quantitative estimate of drug-likeness (QED) is 0.427. The van der Waals surface area contributed by atoms with Crippen LogP contribution in [0.15, 0.2) is 47.5 Å². The second-order valence-electron chi connectivity index (χ2n) is 5.24. The number of nitrogens with one attached hydrogen (secondary N) is 2. The summed E-state index contributed by atoms with van der Waals surface area (Å²) in [6.45, 7) is 1.93. The summed E-state index contributed by atoms with van der Waals surface area (Å²) in [4.78, 5) is 18.5. The van der Waals surface area contributed by atoms with E-state index in [1.165, 1.54) is 18.3 Å². The lowest BCUT2D eigenvalue weighted by atomic mass is 10.2. The summed E-state index contributed by atoms with van der Waals surface area (Å²) >= 11 is 0. The molecular weight excluding hydrogens is 322 g/mol. The van der Waals surface area contributed by atoms with E-state index in [0.29, 0.717) is 11.3 Å². The lowest BCUT2D eigenvalue weighted by Crippen LogP contribution is -2.13. The number of rotatable bonds is 4. The molecule has 3 rings (SSSR count). The Hall–Kier alpha value is -3.48. The van der Waals surface area contributed by atoms with Gasteiger partial charge in [0.2, 0.25) is 0 Å². The number of ether oxygens (including phenoxy) is 1. The van der Waals surface area contributed by atoms with Crippen LogP contribution in [0.2, 0.25) is 0 Å². The van der Waals surface area contributed by atoms with Crippen LogP contribution in [0.1, 0.15) is 12.5 Å². The SMILES string of the molecule is CCOC(=O)Nc1ccc(N=Cc2c(O)[nH]c3ccccc23)cc1O. The first kappa shape index (κ1) is 16.4. The summed E-state index contributed by atoms with van der Waals surface area (Å²) in [6.07, 6.45) is 0.874. The van der Waals surface area contributed by atoms with Crippen LogP contribution in [0, 0.1) is 0 Å². The third-order valence-electron chi connectivity index (χ3n) is 3.56. The Morgan fingerprint density at radius 3 is 2.84 bits per heavy atom.